The quantitative estimate of drug-likeness (QED) is 0.782. The molecule has 90 valence electrons. The van der Waals surface area contributed by atoms with Crippen molar-refractivity contribution in [2.24, 2.45) is 0 Å². The molecule has 0 bridgehead atoms. The molecule has 5 heteroatoms. The van der Waals surface area contributed by atoms with Gasteiger partial charge < -0.3 is 4.74 Å². The number of nitrogens with zero attached hydrogens (tertiary/aromatic N) is 2. The Hall–Kier alpha value is -1.13. The van der Waals surface area contributed by atoms with E-state index in [0.717, 1.165) is 28.6 Å². The number of ether oxygens (including phenoxy) is 1. The van der Waals surface area contributed by atoms with Crippen molar-refractivity contribution in [1.29, 1.82) is 0 Å². The lowest BCUT2D eigenvalue weighted by molar-refractivity contribution is 0.414. The number of aromatic nitrogens is 2. The summed E-state index contributed by atoms with van der Waals surface area (Å²) < 4.78 is 5.19. The molecule has 0 saturated carbocycles. The van der Waals surface area contributed by atoms with Crippen LogP contribution >= 0.6 is 22.9 Å². The number of methoxy groups -OCH3 is 1. The maximum atomic E-state index is 5.67. The summed E-state index contributed by atoms with van der Waals surface area (Å²) in [7, 11) is 1.67. The van der Waals surface area contributed by atoms with E-state index in [1.807, 2.05) is 18.2 Å². The first-order chi connectivity index (χ1) is 8.31. The lowest BCUT2D eigenvalue weighted by Gasteiger charge is -2.01. The van der Waals surface area contributed by atoms with Gasteiger partial charge in [-0.25, -0.2) is 0 Å². The molecule has 0 aliphatic carbocycles. The molecule has 1 aromatic heterocycles. The zero-order valence-corrected chi connectivity index (χ0v) is 11.1. The fraction of sp³-hybridized carbons (Fsp3) is 0.333. The fourth-order valence-corrected chi connectivity index (χ4v) is 2.67. The molecule has 0 spiro atoms. The molecule has 3 nitrogen and oxygen atoms in total. The van der Waals surface area contributed by atoms with Crippen LogP contribution in [0.5, 0.6) is 5.75 Å². The van der Waals surface area contributed by atoms with Gasteiger partial charge in [0.2, 0.25) is 0 Å². The number of alkyl halides is 1. The van der Waals surface area contributed by atoms with Crippen LogP contribution in [0.1, 0.15) is 15.6 Å². The second-order valence-corrected chi connectivity index (χ2v) is 5.08. The Morgan fingerprint density at radius 2 is 2.12 bits per heavy atom. The largest absolute Gasteiger partial charge is 0.497 e. The van der Waals surface area contributed by atoms with E-state index in [2.05, 4.69) is 16.3 Å². The number of hydrogen-bond donors (Lipinski definition) is 0. The average Bonchev–Trinajstić information content (AvgIpc) is 2.77. The molecule has 0 saturated heterocycles. The predicted octanol–water partition coefficient (Wildman–Crippen LogP) is 2.92. The number of benzene rings is 1. The van der Waals surface area contributed by atoms with Crippen LogP contribution in [0.2, 0.25) is 0 Å². The molecule has 2 rings (SSSR count). The van der Waals surface area contributed by atoms with Crippen LogP contribution in [0.3, 0.4) is 0 Å². The summed E-state index contributed by atoms with van der Waals surface area (Å²) in [6, 6.07) is 7.99. The van der Waals surface area contributed by atoms with Crippen molar-refractivity contribution in [2.75, 3.05) is 13.0 Å². The zero-order valence-electron chi connectivity index (χ0n) is 9.52. The minimum atomic E-state index is 0.591. The van der Waals surface area contributed by atoms with E-state index in [1.165, 1.54) is 5.56 Å². The minimum Gasteiger partial charge on any atom is -0.497 e. The molecule has 0 aliphatic heterocycles. The van der Waals surface area contributed by atoms with E-state index < -0.39 is 0 Å². The summed E-state index contributed by atoms with van der Waals surface area (Å²) in [5, 5.41) is 10.3. The molecular weight excluding hydrogens is 256 g/mol. The molecular formula is C12H13ClN2OS. The summed E-state index contributed by atoms with van der Waals surface area (Å²) in [5.74, 6) is 1.46. The summed E-state index contributed by atoms with van der Waals surface area (Å²) in [5.41, 5.74) is 1.18. The predicted molar refractivity (Wildman–Crippen MR) is 70.1 cm³/mol. The standard InChI is InChI=1S/C12H13ClN2OS/c1-16-10-4-2-3-9(7-10)8-12-15-14-11(17-12)5-6-13/h2-4,7H,5-6,8H2,1H3. The van der Waals surface area contributed by atoms with Gasteiger partial charge in [0, 0.05) is 18.7 Å². The van der Waals surface area contributed by atoms with Crippen LogP contribution in [-0.2, 0) is 12.8 Å². The summed E-state index contributed by atoms with van der Waals surface area (Å²) in [6.07, 6.45) is 1.58. The van der Waals surface area contributed by atoms with Gasteiger partial charge in [-0.05, 0) is 17.7 Å². The molecule has 0 aliphatic rings. The highest BCUT2D eigenvalue weighted by Gasteiger charge is 2.05. The normalized spacial score (nSPS) is 10.5. The van der Waals surface area contributed by atoms with E-state index in [0.29, 0.717) is 5.88 Å². The topological polar surface area (TPSA) is 35.0 Å². The van der Waals surface area contributed by atoms with Gasteiger partial charge in [0.15, 0.2) is 0 Å². The van der Waals surface area contributed by atoms with E-state index in [9.17, 15) is 0 Å². The van der Waals surface area contributed by atoms with Gasteiger partial charge in [0.25, 0.3) is 0 Å². The van der Waals surface area contributed by atoms with Gasteiger partial charge in [-0.3, -0.25) is 0 Å². The maximum absolute atomic E-state index is 5.67. The Bertz CT molecular complexity index is 487. The van der Waals surface area contributed by atoms with E-state index in [1.54, 1.807) is 18.4 Å². The van der Waals surface area contributed by atoms with Crippen molar-refractivity contribution >= 4 is 22.9 Å². The highest BCUT2D eigenvalue weighted by atomic mass is 35.5. The van der Waals surface area contributed by atoms with E-state index in [-0.39, 0.29) is 0 Å². The second kappa shape index (κ2) is 5.98. The summed E-state index contributed by atoms with van der Waals surface area (Å²) in [4.78, 5) is 0. The molecule has 0 radical (unpaired) electrons. The summed E-state index contributed by atoms with van der Waals surface area (Å²) >= 11 is 7.29. The summed E-state index contributed by atoms with van der Waals surface area (Å²) in [6.45, 7) is 0. The van der Waals surface area contributed by atoms with Gasteiger partial charge in [-0.1, -0.05) is 12.1 Å². The third-order valence-corrected chi connectivity index (χ3v) is 3.48. The fourth-order valence-electron chi connectivity index (χ4n) is 1.50. The lowest BCUT2D eigenvalue weighted by atomic mass is 10.1. The first-order valence-corrected chi connectivity index (χ1v) is 6.67. The minimum absolute atomic E-state index is 0.591. The van der Waals surface area contributed by atoms with Crippen LogP contribution in [0.4, 0.5) is 0 Å². The van der Waals surface area contributed by atoms with Crippen LogP contribution < -0.4 is 4.74 Å². The molecule has 0 unspecified atom stereocenters. The Kier molecular flexibility index (Phi) is 4.34. The van der Waals surface area contributed by atoms with Gasteiger partial charge in [0.1, 0.15) is 15.8 Å². The number of halogens is 1. The zero-order chi connectivity index (χ0) is 12.1. The van der Waals surface area contributed by atoms with Crippen LogP contribution in [-0.4, -0.2) is 23.2 Å². The molecule has 0 amide bonds. The van der Waals surface area contributed by atoms with Crippen molar-refractivity contribution in [1.82, 2.24) is 10.2 Å². The first-order valence-electron chi connectivity index (χ1n) is 5.32. The van der Waals surface area contributed by atoms with Crippen molar-refractivity contribution in [3.8, 4) is 5.75 Å². The van der Waals surface area contributed by atoms with Crippen molar-refractivity contribution in [3.05, 3.63) is 39.8 Å². The van der Waals surface area contributed by atoms with Gasteiger partial charge >= 0.3 is 0 Å². The van der Waals surface area contributed by atoms with Gasteiger partial charge in [-0.15, -0.1) is 33.1 Å². The highest BCUT2D eigenvalue weighted by Crippen LogP contribution is 2.18. The Morgan fingerprint density at radius 1 is 1.29 bits per heavy atom. The van der Waals surface area contributed by atoms with Crippen molar-refractivity contribution in [2.45, 2.75) is 12.8 Å². The van der Waals surface area contributed by atoms with E-state index >= 15 is 0 Å². The number of aryl methyl sites for hydroxylation is 1. The SMILES string of the molecule is COc1cccc(Cc2nnc(CCCl)s2)c1. The third-order valence-electron chi connectivity index (χ3n) is 2.31. The van der Waals surface area contributed by atoms with Crippen LogP contribution in [0.25, 0.3) is 0 Å². The third kappa shape index (κ3) is 3.41. The average molecular weight is 269 g/mol. The highest BCUT2D eigenvalue weighted by molar-refractivity contribution is 7.11. The maximum Gasteiger partial charge on any atom is 0.121 e. The Balaban J connectivity index is 2.08. The molecule has 17 heavy (non-hydrogen) atoms. The second-order valence-electron chi connectivity index (χ2n) is 3.56. The van der Waals surface area contributed by atoms with Crippen molar-refractivity contribution < 1.29 is 4.74 Å². The Morgan fingerprint density at radius 3 is 2.88 bits per heavy atom. The molecule has 0 fully saturated rings. The lowest BCUT2D eigenvalue weighted by Crippen LogP contribution is -1.89. The first kappa shape index (κ1) is 12.3. The Labute approximate surface area is 109 Å². The van der Waals surface area contributed by atoms with Crippen molar-refractivity contribution in [3.63, 3.8) is 0 Å². The smallest absolute Gasteiger partial charge is 0.121 e. The monoisotopic (exact) mass is 268 g/mol. The number of hydrogen-bond acceptors (Lipinski definition) is 4. The van der Waals surface area contributed by atoms with Crippen LogP contribution in [0.15, 0.2) is 24.3 Å². The van der Waals surface area contributed by atoms with E-state index in [4.69, 9.17) is 16.3 Å². The molecule has 0 N–H and O–H groups in total. The molecule has 1 heterocycles. The number of rotatable bonds is 5. The molecule has 1 aromatic carbocycles. The van der Waals surface area contributed by atoms with Crippen LogP contribution in [0, 0.1) is 0 Å². The molecule has 0 atom stereocenters. The van der Waals surface area contributed by atoms with Gasteiger partial charge in [-0.2, -0.15) is 0 Å². The molecule has 2 aromatic rings. The van der Waals surface area contributed by atoms with Gasteiger partial charge in [0.05, 0.1) is 7.11 Å².